The fourth-order valence-corrected chi connectivity index (χ4v) is 1.39. The SMILES string of the molecule is COC(=O)Nc1ccc2nc(N)ccc2c1. The van der Waals surface area contributed by atoms with Crippen LogP contribution in [0.2, 0.25) is 0 Å². The van der Waals surface area contributed by atoms with Crippen LogP contribution in [-0.2, 0) is 4.74 Å². The number of carbonyl (C=O) groups excluding carboxylic acids is 1. The molecule has 1 aromatic heterocycles. The third-order valence-electron chi connectivity index (χ3n) is 2.14. The minimum atomic E-state index is -0.497. The lowest BCUT2D eigenvalue weighted by atomic mass is 10.2. The van der Waals surface area contributed by atoms with Crippen LogP contribution in [0.25, 0.3) is 10.9 Å². The summed E-state index contributed by atoms with van der Waals surface area (Å²) in [6, 6.07) is 8.89. The van der Waals surface area contributed by atoms with Crippen molar-refractivity contribution < 1.29 is 9.53 Å². The number of nitrogens with one attached hydrogen (secondary N) is 1. The van der Waals surface area contributed by atoms with Crippen LogP contribution in [0.5, 0.6) is 0 Å². The average molecular weight is 217 g/mol. The first-order chi connectivity index (χ1) is 7.69. The summed E-state index contributed by atoms with van der Waals surface area (Å²) >= 11 is 0. The maximum Gasteiger partial charge on any atom is 0.411 e. The number of pyridine rings is 1. The van der Waals surface area contributed by atoms with Gasteiger partial charge in [0.1, 0.15) is 5.82 Å². The summed E-state index contributed by atoms with van der Waals surface area (Å²) < 4.78 is 4.50. The van der Waals surface area contributed by atoms with Crippen LogP contribution < -0.4 is 11.1 Å². The van der Waals surface area contributed by atoms with Gasteiger partial charge in [0.15, 0.2) is 0 Å². The molecule has 3 N–H and O–H groups in total. The van der Waals surface area contributed by atoms with Gasteiger partial charge < -0.3 is 10.5 Å². The molecular formula is C11H11N3O2. The van der Waals surface area contributed by atoms with Crippen molar-refractivity contribution in [2.24, 2.45) is 0 Å². The van der Waals surface area contributed by atoms with Crippen LogP contribution in [0.15, 0.2) is 30.3 Å². The predicted octanol–water partition coefficient (Wildman–Crippen LogP) is 2.00. The number of anilines is 2. The minimum absolute atomic E-state index is 0.473. The summed E-state index contributed by atoms with van der Waals surface area (Å²) in [5.74, 6) is 0.473. The van der Waals surface area contributed by atoms with Crippen LogP contribution >= 0.6 is 0 Å². The van der Waals surface area contributed by atoms with E-state index in [0.29, 0.717) is 11.5 Å². The zero-order valence-electron chi connectivity index (χ0n) is 8.73. The third kappa shape index (κ3) is 2.03. The first-order valence-electron chi connectivity index (χ1n) is 4.70. The van der Waals surface area contributed by atoms with E-state index in [1.807, 2.05) is 6.07 Å². The number of ether oxygens (including phenoxy) is 1. The second kappa shape index (κ2) is 4.06. The molecular weight excluding hydrogens is 206 g/mol. The van der Waals surface area contributed by atoms with E-state index in [0.717, 1.165) is 10.9 Å². The van der Waals surface area contributed by atoms with Crippen LogP contribution in [0.1, 0.15) is 0 Å². The van der Waals surface area contributed by atoms with Gasteiger partial charge in [-0.05, 0) is 30.3 Å². The lowest BCUT2D eigenvalue weighted by Crippen LogP contribution is -2.10. The zero-order valence-corrected chi connectivity index (χ0v) is 8.73. The largest absolute Gasteiger partial charge is 0.453 e. The minimum Gasteiger partial charge on any atom is -0.453 e. The highest BCUT2D eigenvalue weighted by atomic mass is 16.5. The van der Waals surface area contributed by atoms with Crippen molar-refractivity contribution in [2.75, 3.05) is 18.2 Å². The molecule has 2 rings (SSSR count). The quantitative estimate of drug-likeness (QED) is 0.765. The van der Waals surface area contributed by atoms with Crippen molar-refractivity contribution in [1.82, 2.24) is 4.98 Å². The Balaban J connectivity index is 2.37. The third-order valence-corrected chi connectivity index (χ3v) is 2.14. The van der Waals surface area contributed by atoms with Crippen molar-refractivity contribution in [1.29, 1.82) is 0 Å². The fraction of sp³-hybridized carbons (Fsp3) is 0.0909. The number of nitrogen functional groups attached to an aromatic ring is 1. The summed E-state index contributed by atoms with van der Waals surface area (Å²) in [7, 11) is 1.32. The molecule has 5 nitrogen and oxygen atoms in total. The van der Waals surface area contributed by atoms with Gasteiger partial charge in [-0.25, -0.2) is 9.78 Å². The standard InChI is InChI=1S/C11H11N3O2/c1-16-11(15)13-8-3-4-9-7(6-8)2-5-10(12)14-9/h2-6H,1H3,(H2,12,14)(H,13,15). The molecule has 0 radical (unpaired) electrons. The Bertz CT molecular complexity index is 540. The molecule has 0 atom stereocenters. The second-order valence-corrected chi connectivity index (χ2v) is 3.26. The summed E-state index contributed by atoms with van der Waals surface area (Å²) in [6.45, 7) is 0. The molecule has 1 amide bonds. The molecule has 0 fully saturated rings. The highest BCUT2D eigenvalue weighted by Crippen LogP contribution is 2.18. The van der Waals surface area contributed by atoms with E-state index in [4.69, 9.17) is 5.73 Å². The molecule has 0 aliphatic heterocycles. The summed E-state index contributed by atoms with van der Waals surface area (Å²) in [6.07, 6.45) is -0.497. The topological polar surface area (TPSA) is 77.2 Å². The van der Waals surface area contributed by atoms with Gasteiger partial charge in [0, 0.05) is 11.1 Å². The van der Waals surface area contributed by atoms with Gasteiger partial charge in [-0.15, -0.1) is 0 Å². The number of methoxy groups -OCH3 is 1. The highest BCUT2D eigenvalue weighted by Gasteiger charge is 2.02. The zero-order chi connectivity index (χ0) is 11.5. The molecule has 82 valence electrons. The van der Waals surface area contributed by atoms with E-state index in [1.165, 1.54) is 7.11 Å². The normalized spacial score (nSPS) is 10.1. The Morgan fingerprint density at radius 2 is 2.19 bits per heavy atom. The number of amides is 1. The van der Waals surface area contributed by atoms with Gasteiger partial charge in [0.05, 0.1) is 12.6 Å². The van der Waals surface area contributed by atoms with E-state index in [2.05, 4.69) is 15.0 Å². The number of nitrogens with zero attached hydrogens (tertiary/aromatic N) is 1. The lowest BCUT2D eigenvalue weighted by Gasteiger charge is -2.05. The molecule has 0 saturated carbocycles. The maximum absolute atomic E-state index is 11.0. The van der Waals surface area contributed by atoms with Crippen molar-refractivity contribution >= 4 is 28.5 Å². The Morgan fingerprint density at radius 1 is 1.38 bits per heavy atom. The molecule has 0 aliphatic carbocycles. The first kappa shape index (κ1) is 10.2. The van der Waals surface area contributed by atoms with Crippen molar-refractivity contribution in [2.45, 2.75) is 0 Å². The number of carbonyl (C=O) groups is 1. The molecule has 1 heterocycles. The predicted molar refractivity (Wildman–Crippen MR) is 62.2 cm³/mol. The number of hydrogen-bond acceptors (Lipinski definition) is 4. The number of benzene rings is 1. The van der Waals surface area contributed by atoms with Crippen LogP contribution in [0.3, 0.4) is 0 Å². The Labute approximate surface area is 92.2 Å². The average Bonchev–Trinajstić information content (AvgIpc) is 2.29. The monoisotopic (exact) mass is 217 g/mol. The molecule has 16 heavy (non-hydrogen) atoms. The van der Waals surface area contributed by atoms with Crippen molar-refractivity contribution in [3.8, 4) is 0 Å². The Morgan fingerprint density at radius 3 is 2.94 bits per heavy atom. The van der Waals surface area contributed by atoms with Crippen molar-refractivity contribution in [3.05, 3.63) is 30.3 Å². The molecule has 5 heteroatoms. The molecule has 0 unspecified atom stereocenters. The number of fused-ring (bicyclic) bond motifs is 1. The number of rotatable bonds is 1. The molecule has 2 aromatic rings. The van der Waals surface area contributed by atoms with Gasteiger partial charge in [-0.3, -0.25) is 5.32 Å². The number of nitrogens with two attached hydrogens (primary N) is 1. The Kier molecular flexibility index (Phi) is 2.59. The van der Waals surface area contributed by atoms with E-state index >= 15 is 0 Å². The van der Waals surface area contributed by atoms with E-state index < -0.39 is 6.09 Å². The first-order valence-corrected chi connectivity index (χ1v) is 4.70. The summed E-state index contributed by atoms with van der Waals surface area (Å²) in [5, 5.41) is 3.48. The Hall–Kier alpha value is -2.30. The smallest absolute Gasteiger partial charge is 0.411 e. The van der Waals surface area contributed by atoms with E-state index in [9.17, 15) is 4.79 Å². The second-order valence-electron chi connectivity index (χ2n) is 3.26. The number of hydrogen-bond donors (Lipinski definition) is 2. The fourth-order valence-electron chi connectivity index (χ4n) is 1.39. The molecule has 1 aromatic carbocycles. The van der Waals surface area contributed by atoms with E-state index in [-0.39, 0.29) is 0 Å². The number of aromatic nitrogens is 1. The van der Waals surface area contributed by atoms with Crippen LogP contribution in [0, 0.1) is 0 Å². The van der Waals surface area contributed by atoms with Gasteiger partial charge in [0.25, 0.3) is 0 Å². The molecule has 0 spiro atoms. The molecule has 0 bridgehead atoms. The summed E-state index contributed by atoms with van der Waals surface area (Å²) in [5.41, 5.74) is 7.01. The van der Waals surface area contributed by atoms with Gasteiger partial charge in [-0.1, -0.05) is 0 Å². The van der Waals surface area contributed by atoms with Crippen LogP contribution in [-0.4, -0.2) is 18.2 Å². The summed E-state index contributed by atoms with van der Waals surface area (Å²) in [4.78, 5) is 15.2. The van der Waals surface area contributed by atoms with Gasteiger partial charge >= 0.3 is 6.09 Å². The molecule has 0 aliphatic rings. The maximum atomic E-state index is 11.0. The van der Waals surface area contributed by atoms with Crippen LogP contribution in [0.4, 0.5) is 16.3 Å². The van der Waals surface area contributed by atoms with Gasteiger partial charge in [0.2, 0.25) is 0 Å². The van der Waals surface area contributed by atoms with Gasteiger partial charge in [-0.2, -0.15) is 0 Å². The van der Waals surface area contributed by atoms with E-state index in [1.54, 1.807) is 24.3 Å². The molecule has 0 saturated heterocycles. The lowest BCUT2D eigenvalue weighted by molar-refractivity contribution is 0.187. The highest BCUT2D eigenvalue weighted by molar-refractivity contribution is 5.90. The van der Waals surface area contributed by atoms with Crippen molar-refractivity contribution in [3.63, 3.8) is 0 Å².